The van der Waals surface area contributed by atoms with Crippen LogP contribution in [-0.2, 0) is 9.59 Å². The van der Waals surface area contributed by atoms with Gasteiger partial charge in [0.25, 0.3) is 5.91 Å². The van der Waals surface area contributed by atoms with Gasteiger partial charge in [0.1, 0.15) is 11.9 Å². The maximum atomic E-state index is 12.5. The summed E-state index contributed by atoms with van der Waals surface area (Å²) in [4.78, 5) is 28.0. The molecule has 2 atom stereocenters. The van der Waals surface area contributed by atoms with E-state index in [0.29, 0.717) is 11.8 Å². The van der Waals surface area contributed by atoms with Crippen molar-refractivity contribution < 1.29 is 14.8 Å². The van der Waals surface area contributed by atoms with Gasteiger partial charge < -0.3 is 10.6 Å². The van der Waals surface area contributed by atoms with Crippen molar-refractivity contribution in [1.82, 2.24) is 16.1 Å². The molecular formula is C19H32N4O3. The summed E-state index contributed by atoms with van der Waals surface area (Å²) in [6.45, 7) is 15.4. The van der Waals surface area contributed by atoms with Crippen LogP contribution in [0.5, 0.6) is 0 Å². The lowest BCUT2D eigenvalue weighted by Gasteiger charge is -2.22. The maximum Gasteiger partial charge on any atom is 0.267 e. The molecule has 0 aliphatic heterocycles. The molecule has 146 valence electrons. The van der Waals surface area contributed by atoms with E-state index in [1.165, 1.54) is 23.7 Å². The first-order valence-corrected chi connectivity index (χ1v) is 8.68. The van der Waals surface area contributed by atoms with Gasteiger partial charge in [-0.3, -0.25) is 19.8 Å². The molecule has 7 heteroatoms. The Balaban J connectivity index is 5.18. The third-order valence-electron chi connectivity index (χ3n) is 3.80. The molecule has 0 bridgehead atoms. The SMILES string of the molecule is C=CC(=N[C@@H](C(=O)N[C@@H](C)C(C)C)C(C)C)N/C=C(C)/C=C/C(=O)NO. The highest BCUT2D eigenvalue weighted by Crippen LogP contribution is 2.09. The number of nitrogens with zero attached hydrogens (tertiary/aromatic N) is 1. The van der Waals surface area contributed by atoms with Crippen molar-refractivity contribution in [1.29, 1.82) is 0 Å². The lowest BCUT2D eigenvalue weighted by atomic mass is 10.0. The fourth-order valence-corrected chi connectivity index (χ4v) is 1.77. The van der Waals surface area contributed by atoms with E-state index in [9.17, 15) is 9.59 Å². The van der Waals surface area contributed by atoms with Crippen LogP contribution >= 0.6 is 0 Å². The van der Waals surface area contributed by atoms with Crippen molar-refractivity contribution >= 4 is 17.6 Å². The number of nitrogens with one attached hydrogen (secondary N) is 3. The van der Waals surface area contributed by atoms with Crippen LogP contribution in [0.15, 0.2) is 41.6 Å². The van der Waals surface area contributed by atoms with Crippen LogP contribution in [0, 0.1) is 11.8 Å². The van der Waals surface area contributed by atoms with E-state index in [0.717, 1.165) is 5.57 Å². The van der Waals surface area contributed by atoms with Gasteiger partial charge in [-0.15, -0.1) is 0 Å². The number of aliphatic imine (C=N–C) groups is 1. The minimum atomic E-state index is -0.619. The molecule has 0 rings (SSSR count). The van der Waals surface area contributed by atoms with Gasteiger partial charge in [0.05, 0.1) is 0 Å². The highest BCUT2D eigenvalue weighted by Gasteiger charge is 2.23. The van der Waals surface area contributed by atoms with Crippen LogP contribution < -0.4 is 16.1 Å². The Labute approximate surface area is 156 Å². The van der Waals surface area contributed by atoms with Crippen LogP contribution in [0.4, 0.5) is 0 Å². The first-order chi connectivity index (χ1) is 12.1. The third-order valence-corrected chi connectivity index (χ3v) is 3.80. The summed E-state index contributed by atoms with van der Waals surface area (Å²) in [5, 5.41) is 14.4. The van der Waals surface area contributed by atoms with Crippen molar-refractivity contribution in [2.24, 2.45) is 16.8 Å². The Bertz CT molecular complexity index is 577. The molecule has 0 aliphatic rings. The molecule has 0 heterocycles. The van der Waals surface area contributed by atoms with Gasteiger partial charge in [0.2, 0.25) is 5.91 Å². The monoisotopic (exact) mass is 364 g/mol. The molecule has 0 spiro atoms. The molecule has 0 saturated heterocycles. The van der Waals surface area contributed by atoms with Gasteiger partial charge in [0.15, 0.2) is 0 Å². The van der Waals surface area contributed by atoms with Gasteiger partial charge in [-0.25, -0.2) is 5.48 Å². The Morgan fingerprint density at radius 3 is 2.15 bits per heavy atom. The molecule has 0 saturated carbocycles. The molecule has 0 aromatic carbocycles. The third kappa shape index (κ3) is 9.17. The van der Waals surface area contributed by atoms with Crippen LogP contribution in [-0.4, -0.2) is 34.9 Å². The van der Waals surface area contributed by atoms with E-state index in [1.807, 2.05) is 34.6 Å². The minimum absolute atomic E-state index is 0.0179. The molecule has 4 N–H and O–H groups in total. The lowest BCUT2D eigenvalue weighted by molar-refractivity contribution is -0.124. The number of amides is 2. The van der Waals surface area contributed by atoms with Gasteiger partial charge in [-0.1, -0.05) is 40.3 Å². The quantitative estimate of drug-likeness (QED) is 0.126. The summed E-state index contributed by atoms with van der Waals surface area (Å²) in [5.74, 6) is 0.0646. The number of carbonyl (C=O) groups excluding carboxylic acids is 2. The maximum absolute atomic E-state index is 12.5. The number of allylic oxidation sites excluding steroid dienone is 2. The number of amidine groups is 1. The van der Waals surface area contributed by atoms with E-state index in [-0.39, 0.29) is 17.9 Å². The normalized spacial score (nSPS) is 15.1. The Kier molecular flexibility index (Phi) is 10.9. The first kappa shape index (κ1) is 23.6. The standard InChI is InChI=1S/C19H32N4O3/c1-8-16(20-11-14(6)9-10-17(24)23-26)22-18(13(4)5)19(25)21-15(7)12(2)3/h8-13,15,18,26H,1H2,2-7H3,(H,20,22)(H,21,25)(H,23,24)/b10-9+,14-11+/t15-,18+/m0/s1. The number of hydroxylamine groups is 1. The lowest BCUT2D eigenvalue weighted by Crippen LogP contribution is -2.44. The van der Waals surface area contributed by atoms with Crippen LogP contribution in [0.1, 0.15) is 41.5 Å². The molecule has 2 amide bonds. The average Bonchev–Trinajstić information content (AvgIpc) is 2.58. The molecular weight excluding hydrogens is 332 g/mol. The van der Waals surface area contributed by atoms with Gasteiger partial charge in [-0.05, 0) is 37.3 Å². The van der Waals surface area contributed by atoms with Crippen molar-refractivity contribution in [3.05, 3.63) is 36.6 Å². The number of hydrogen-bond donors (Lipinski definition) is 4. The molecule has 0 aromatic rings. The van der Waals surface area contributed by atoms with E-state index >= 15 is 0 Å². The first-order valence-electron chi connectivity index (χ1n) is 8.68. The minimum Gasteiger partial charge on any atom is -0.352 e. The van der Waals surface area contributed by atoms with Gasteiger partial charge in [0, 0.05) is 18.3 Å². The smallest absolute Gasteiger partial charge is 0.267 e. The van der Waals surface area contributed by atoms with Crippen molar-refractivity contribution in [3.8, 4) is 0 Å². The summed E-state index contributed by atoms with van der Waals surface area (Å²) in [6, 6.07) is -0.481. The van der Waals surface area contributed by atoms with Gasteiger partial charge >= 0.3 is 0 Å². The number of hydrogen-bond acceptors (Lipinski definition) is 4. The van der Waals surface area contributed by atoms with Gasteiger partial charge in [-0.2, -0.15) is 0 Å². The predicted molar refractivity (Wildman–Crippen MR) is 105 cm³/mol. The Morgan fingerprint density at radius 1 is 1.08 bits per heavy atom. The summed E-state index contributed by atoms with van der Waals surface area (Å²) in [7, 11) is 0. The number of carbonyl (C=O) groups is 2. The topological polar surface area (TPSA) is 103 Å². The zero-order valence-electron chi connectivity index (χ0n) is 16.5. The second-order valence-corrected chi connectivity index (χ2v) is 6.79. The second-order valence-electron chi connectivity index (χ2n) is 6.79. The molecule has 0 fully saturated rings. The van der Waals surface area contributed by atoms with Crippen LogP contribution in [0.3, 0.4) is 0 Å². The molecule has 0 radical (unpaired) electrons. The Hall–Kier alpha value is -2.41. The van der Waals surface area contributed by atoms with E-state index in [4.69, 9.17) is 5.21 Å². The molecule has 26 heavy (non-hydrogen) atoms. The number of rotatable bonds is 9. The van der Waals surface area contributed by atoms with E-state index in [1.54, 1.807) is 13.1 Å². The molecule has 0 unspecified atom stereocenters. The van der Waals surface area contributed by atoms with Crippen molar-refractivity contribution in [2.45, 2.75) is 53.6 Å². The largest absolute Gasteiger partial charge is 0.352 e. The average molecular weight is 364 g/mol. The van der Waals surface area contributed by atoms with Crippen molar-refractivity contribution in [3.63, 3.8) is 0 Å². The van der Waals surface area contributed by atoms with E-state index in [2.05, 4.69) is 22.2 Å². The predicted octanol–water partition coefficient (Wildman–Crippen LogP) is 2.31. The highest BCUT2D eigenvalue weighted by molar-refractivity contribution is 5.95. The Morgan fingerprint density at radius 2 is 1.69 bits per heavy atom. The summed E-state index contributed by atoms with van der Waals surface area (Å²) >= 11 is 0. The van der Waals surface area contributed by atoms with Crippen LogP contribution in [0.25, 0.3) is 0 Å². The zero-order valence-corrected chi connectivity index (χ0v) is 16.5. The molecule has 0 aliphatic carbocycles. The van der Waals surface area contributed by atoms with Crippen molar-refractivity contribution in [2.75, 3.05) is 0 Å². The summed E-state index contributed by atoms with van der Waals surface area (Å²) < 4.78 is 0. The molecule has 7 nitrogen and oxygen atoms in total. The fraction of sp³-hybridized carbons (Fsp3) is 0.526. The molecule has 0 aromatic heterocycles. The summed E-state index contributed by atoms with van der Waals surface area (Å²) in [6.07, 6.45) is 5.88. The highest BCUT2D eigenvalue weighted by atomic mass is 16.5. The summed E-state index contributed by atoms with van der Waals surface area (Å²) in [5.41, 5.74) is 2.24. The zero-order chi connectivity index (χ0) is 20.3. The fourth-order valence-electron chi connectivity index (χ4n) is 1.77. The second kappa shape index (κ2) is 12.0. The van der Waals surface area contributed by atoms with Crippen LogP contribution in [0.2, 0.25) is 0 Å². The van der Waals surface area contributed by atoms with E-state index < -0.39 is 11.9 Å².